The minimum Gasteiger partial charge on any atom is -0.494 e. The van der Waals surface area contributed by atoms with E-state index in [0.717, 1.165) is 90.9 Å². The van der Waals surface area contributed by atoms with Crippen LogP contribution in [0.3, 0.4) is 0 Å². The number of aromatic hydroxyl groups is 1. The molecule has 1 fully saturated rings. The monoisotopic (exact) mass is 609 g/mol. The van der Waals surface area contributed by atoms with Gasteiger partial charge >= 0.3 is 0 Å². The first-order valence-corrected chi connectivity index (χ1v) is 16.8. The molecule has 2 aliphatic rings. The average molecular weight is 610 g/mol. The molecule has 0 bridgehead atoms. The Bertz CT molecular complexity index is 1890. The standard InChI is InChI=1S/C36H47N7O2/c1-6-42-21-29-30(38-42)11-10-26-32(29)34-28(20-37-36(34)44)33-27-19-25(24(4)39-45-22-23(2)3)9-12-31(27)43(35(26)33)16-8-15-41-14-7-13-40(5)17-18-41/h9,12,19-21,23,37,44H,6-8,10-11,13-18,22H2,1-5H3. The number of oxime groups is 1. The van der Waals surface area contributed by atoms with Gasteiger partial charge in [0, 0.05) is 71.4 Å². The van der Waals surface area contributed by atoms with Crippen molar-refractivity contribution < 1.29 is 9.94 Å². The Balaban J connectivity index is 1.40. The fourth-order valence-corrected chi connectivity index (χ4v) is 7.44. The molecule has 9 nitrogen and oxygen atoms in total. The van der Waals surface area contributed by atoms with Crippen LogP contribution < -0.4 is 0 Å². The predicted molar refractivity (Wildman–Crippen MR) is 183 cm³/mol. The molecule has 0 unspecified atom stereocenters. The van der Waals surface area contributed by atoms with Crippen molar-refractivity contribution in [2.45, 2.75) is 66.5 Å². The van der Waals surface area contributed by atoms with Gasteiger partial charge < -0.3 is 29.3 Å². The van der Waals surface area contributed by atoms with Crippen molar-refractivity contribution in [3.8, 4) is 17.0 Å². The molecule has 0 atom stereocenters. The summed E-state index contributed by atoms with van der Waals surface area (Å²) < 4.78 is 4.60. The van der Waals surface area contributed by atoms with Crippen molar-refractivity contribution in [2.75, 3.05) is 46.4 Å². The van der Waals surface area contributed by atoms with Crippen LogP contribution in [0.25, 0.3) is 43.7 Å². The minimum absolute atomic E-state index is 0.225. The highest BCUT2D eigenvalue weighted by atomic mass is 16.6. The van der Waals surface area contributed by atoms with Gasteiger partial charge in [-0.25, -0.2) is 0 Å². The second-order valence-corrected chi connectivity index (χ2v) is 13.5. The summed E-state index contributed by atoms with van der Waals surface area (Å²) in [5, 5.41) is 25.0. The Labute approximate surface area is 265 Å². The number of hydrogen-bond donors (Lipinski definition) is 2. The number of fused-ring (bicyclic) bond motifs is 10. The third kappa shape index (κ3) is 5.40. The highest BCUT2D eigenvalue weighted by molar-refractivity contribution is 6.27. The summed E-state index contributed by atoms with van der Waals surface area (Å²) in [5.41, 5.74) is 9.16. The molecule has 4 heterocycles. The topological polar surface area (TPSA) is 86.8 Å². The molecule has 7 rings (SSSR count). The lowest BCUT2D eigenvalue weighted by atomic mass is 9.85. The number of aromatic nitrogens is 4. The third-order valence-corrected chi connectivity index (χ3v) is 9.77. The zero-order valence-electron chi connectivity index (χ0n) is 27.5. The fourth-order valence-electron chi connectivity index (χ4n) is 7.44. The number of H-pyrrole nitrogens is 1. The number of aryl methyl sites for hydroxylation is 4. The largest absolute Gasteiger partial charge is 0.494 e. The Morgan fingerprint density at radius 1 is 1.09 bits per heavy atom. The van der Waals surface area contributed by atoms with E-state index >= 15 is 0 Å². The van der Waals surface area contributed by atoms with Crippen molar-refractivity contribution in [1.82, 2.24) is 29.1 Å². The Kier molecular flexibility index (Phi) is 8.08. The van der Waals surface area contributed by atoms with Crippen molar-refractivity contribution >= 4 is 38.3 Å². The van der Waals surface area contributed by atoms with E-state index in [0.29, 0.717) is 12.5 Å². The maximum Gasteiger partial charge on any atom is 0.197 e. The van der Waals surface area contributed by atoms with Crippen LogP contribution in [0, 0.1) is 5.92 Å². The van der Waals surface area contributed by atoms with Crippen molar-refractivity contribution in [2.24, 2.45) is 11.1 Å². The summed E-state index contributed by atoms with van der Waals surface area (Å²) in [4.78, 5) is 13.9. The number of benzene rings is 2. The fraction of sp³-hybridized carbons (Fsp3) is 0.500. The molecule has 45 heavy (non-hydrogen) atoms. The van der Waals surface area contributed by atoms with Crippen LogP contribution in [0.4, 0.5) is 0 Å². The number of nitrogens with zero attached hydrogens (tertiary/aromatic N) is 6. The van der Waals surface area contributed by atoms with Gasteiger partial charge in [-0.3, -0.25) is 4.68 Å². The van der Waals surface area contributed by atoms with Gasteiger partial charge in [0.15, 0.2) is 5.88 Å². The summed E-state index contributed by atoms with van der Waals surface area (Å²) >= 11 is 0. The van der Waals surface area contributed by atoms with Gasteiger partial charge in [-0.15, -0.1) is 0 Å². The molecule has 0 radical (unpaired) electrons. The van der Waals surface area contributed by atoms with Crippen LogP contribution in [-0.2, 0) is 30.8 Å². The summed E-state index contributed by atoms with van der Waals surface area (Å²) in [5.74, 6) is 0.645. The molecule has 1 saturated heterocycles. The number of hydrogen-bond acceptors (Lipinski definition) is 6. The van der Waals surface area contributed by atoms with Crippen molar-refractivity contribution in [1.29, 1.82) is 0 Å². The van der Waals surface area contributed by atoms with Crippen LogP contribution >= 0.6 is 0 Å². The Morgan fingerprint density at radius 3 is 2.78 bits per heavy atom. The SMILES string of the molecule is CCn1cc2c(n1)CCc1c-2c2c(O)[nH]cc2c2c3cc(C(C)=NOCC(C)C)ccc3n(CCCN3CCCN(C)CC3)c12. The molecule has 238 valence electrons. The lowest BCUT2D eigenvalue weighted by Crippen LogP contribution is -2.30. The summed E-state index contributed by atoms with van der Waals surface area (Å²) in [6, 6.07) is 6.72. The first-order valence-electron chi connectivity index (χ1n) is 16.8. The van der Waals surface area contributed by atoms with E-state index in [2.05, 4.69) is 76.7 Å². The normalized spacial score (nSPS) is 16.6. The highest BCUT2D eigenvalue weighted by Crippen LogP contribution is 2.49. The van der Waals surface area contributed by atoms with E-state index in [9.17, 15) is 5.11 Å². The van der Waals surface area contributed by atoms with Gasteiger partial charge in [0.2, 0.25) is 0 Å². The van der Waals surface area contributed by atoms with Crippen LogP contribution in [-0.4, -0.2) is 86.3 Å². The maximum absolute atomic E-state index is 11.3. The van der Waals surface area contributed by atoms with Crippen molar-refractivity contribution in [3.63, 3.8) is 0 Å². The van der Waals surface area contributed by atoms with Gasteiger partial charge in [-0.1, -0.05) is 25.1 Å². The number of aromatic amines is 1. The van der Waals surface area contributed by atoms with E-state index in [1.165, 1.54) is 46.9 Å². The molecule has 0 saturated carbocycles. The number of likely N-dealkylation sites (N-methyl/N-ethyl adjacent to an activating group) is 1. The van der Waals surface area contributed by atoms with Crippen LogP contribution in [0.15, 0.2) is 35.7 Å². The molecule has 0 spiro atoms. The molecule has 3 aromatic heterocycles. The van der Waals surface area contributed by atoms with E-state index in [1.54, 1.807) is 0 Å². The zero-order valence-corrected chi connectivity index (χ0v) is 27.5. The summed E-state index contributed by atoms with van der Waals surface area (Å²) in [7, 11) is 2.23. The maximum atomic E-state index is 11.3. The summed E-state index contributed by atoms with van der Waals surface area (Å²) in [6.45, 7) is 16.5. The third-order valence-electron chi connectivity index (χ3n) is 9.77. The van der Waals surface area contributed by atoms with E-state index in [1.807, 2.05) is 17.8 Å². The zero-order chi connectivity index (χ0) is 31.2. The van der Waals surface area contributed by atoms with Crippen LogP contribution in [0.2, 0.25) is 0 Å². The smallest absolute Gasteiger partial charge is 0.197 e. The van der Waals surface area contributed by atoms with Gasteiger partial charge in [-0.05, 0) is 95.4 Å². The predicted octanol–water partition coefficient (Wildman–Crippen LogP) is 6.39. The number of rotatable bonds is 9. The molecule has 1 aliphatic carbocycles. The van der Waals surface area contributed by atoms with Gasteiger partial charge in [-0.2, -0.15) is 5.10 Å². The van der Waals surface area contributed by atoms with Crippen LogP contribution in [0.1, 0.15) is 57.4 Å². The van der Waals surface area contributed by atoms with E-state index in [-0.39, 0.29) is 5.88 Å². The second-order valence-electron chi connectivity index (χ2n) is 13.5. The lowest BCUT2D eigenvalue weighted by molar-refractivity contribution is 0.118. The second kappa shape index (κ2) is 12.2. The molecular weight excluding hydrogens is 562 g/mol. The first kappa shape index (κ1) is 29.9. The number of nitrogens with one attached hydrogen (secondary N) is 1. The molecule has 0 amide bonds. The van der Waals surface area contributed by atoms with E-state index < -0.39 is 0 Å². The Hall–Kier alpha value is -3.82. The molecule has 1 aliphatic heterocycles. The quantitative estimate of drug-likeness (QED) is 0.149. The highest BCUT2D eigenvalue weighted by Gasteiger charge is 2.30. The Morgan fingerprint density at radius 2 is 1.96 bits per heavy atom. The van der Waals surface area contributed by atoms with Gasteiger partial charge in [0.25, 0.3) is 0 Å². The molecule has 9 heteroatoms. The van der Waals surface area contributed by atoms with Gasteiger partial charge in [0.1, 0.15) is 6.61 Å². The lowest BCUT2D eigenvalue weighted by Gasteiger charge is -2.22. The summed E-state index contributed by atoms with van der Waals surface area (Å²) in [6.07, 6.45) is 8.26. The van der Waals surface area contributed by atoms with E-state index in [4.69, 9.17) is 9.94 Å². The van der Waals surface area contributed by atoms with Crippen molar-refractivity contribution in [3.05, 3.63) is 47.4 Å². The molecular formula is C36H47N7O2. The molecule has 2 N–H and O–H groups in total. The molecule has 2 aromatic carbocycles. The van der Waals surface area contributed by atoms with Crippen LogP contribution in [0.5, 0.6) is 5.88 Å². The van der Waals surface area contributed by atoms with Gasteiger partial charge in [0.05, 0.1) is 22.3 Å². The first-order chi connectivity index (χ1) is 21.8. The average Bonchev–Trinajstić information content (AvgIpc) is 3.67. The minimum atomic E-state index is 0.225. The molecule has 5 aromatic rings.